The van der Waals surface area contributed by atoms with E-state index in [9.17, 15) is 0 Å². The van der Waals surface area contributed by atoms with Gasteiger partial charge >= 0.3 is 0 Å². The highest BCUT2D eigenvalue weighted by Gasteiger charge is 2.04. The number of aromatic nitrogens is 2. The number of benzene rings is 1. The van der Waals surface area contributed by atoms with Crippen LogP contribution in [0.2, 0.25) is 10.2 Å². The molecule has 0 unspecified atom stereocenters. The molecule has 0 saturated heterocycles. The highest BCUT2D eigenvalue weighted by molar-refractivity contribution is 6.30. The van der Waals surface area contributed by atoms with Crippen LogP contribution in [0.3, 0.4) is 0 Å². The summed E-state index contributed by atoms with van der Waals surface area (Å²) in [5, 5.41) is 5.28. The summed E-state index contributed by atoms with van der Waals surface area (Å²) in [7, 11) is 1.86. The summed E-state index contributed by atoms with van der Waals surface area (Å²) in [5.41, 5.74) is 2.03. The van der Waals surface area contributed by atoms with Crippen molar-refractivity contribution in [1.29, 1.82) is 0 Å². The van der Waals surface area contributed by atoms with E-state index >= 15 is 0 Å². The summed E-state index contributed by atoms with van der Waals surface area (Å²) in [6, 6.07) is 9.39. The molecule has 1 heterocycles. The molecule has 0 amide bonds. The van der Waals surface area contributed by atoms with Crippen LogP contribution < -0.4 is 0 Å². The summed E-state index contributed by atoms with van der Waals surface area (Å²) < 4.78 is 1.74. The second kappa shape index (κ2) is 3.64. The van der Waals surface area contributed by atoms with Gasteiger partial charge < -0.3 is 0 Å². The van der Waals surface area contributed by atoms with E-state index in [2.05, 4.69) is 5.10 Å². The predicted octanol–water partition coefficient (Wildman–Crippen LogP) is 3.39. The number of rotatable bonds is 1. The summed E-state index contributed by atoms with van der Waals surface area (Å²) in [4.78, 5) is 0. The average molecular weight is 227 g/mol. The van der Waals surface area contributed by atoms with Crippen molar-refractivity contribution in [2.45, 2.75) is 0 Å². The minimum absolute atomic E-state index is 0.498. The van der Waals surface area contributed by atoms with Crippen LogP contribution in [-0.4, -0.2) is 9.78 Å². The number of nitrogens with zero attached hydrogens (tertiary/aromatic N) is 2. The van der Waals surface area contributed by atoms with Crippen molar-refractivity contribution in [2.75, 3.05) is 0 Å². The Morgan fingerprint density at radius 2 is 1.79 bits per heavy atom. The molecule has 14 heavy (non-hydrogen) atoms. The second-order valence-corrected chi connectivity index (χ2v) is 3.81. The average Bonchev–Trinajstić information content (AvgIpc) is 2.47. The van der Waals surface area contributed by atoms with Gasteiger partial charge in [-0.25, -0.2) is 0 Å². The molecule has 2 aromatic rings. The van der Waals surface area contributed by atoms with Crippen LogP contribution in [0, 0.1) is 0 Å². The maximum atomic E-state index is 5.80. The van der Waals surface area contributed by atoms with E-state index in [1.165, 1.54) is 0 Å². The Kier molecular flexibility index (Phi) is 2.48. The van der Waals surface area contributed by atoms with E-state index in [-0.39, 0.29) is 0 Å². The number of hydrogen-bond donors (Lipinski definition) is 0. The third kappa shape index (κ3) is 1.76. The smallest absolute Gasteiger partial charge is 0.151 e. The quantitative estimate of drug-likeness (QED) is 0.730. The molecule has 0 bridgehead atoms. The standard InChI is InChI=1S/C10H8Cl2N2/c1-14-9(6-10(12)13-14)7-2-4-8(11)5-3-7/h2-6H,1H3. The van der Waals surface area contributed by atoms with Crippen molar-refractivity contribution >= 4 is 23.2 Å². The minimum Gasteiger partial charge on any atom is -0.266 e. The van der Waals surface area contributed by atoms with Gasteiger partial charge in [-0.3, -0.25) is 4.68 Å². The zero-order valence-corrected chi connectivity index (χ0v) is 9.05. The Labute approximate surface area is 92.1 Å². The van der Waals surface area contributed by atoms with Crippen LogP contribution in [-0.2, 0) is 7.05 Å². The van der Waals surface area contributed by atoms with Crippen LogP contribution in [0.25, 0.3) is 11.3 Å². The first-order chi connectivity index (χ1) is 6.66. The maximum absolute atomic E-state index is 5.80. The molecule has 2 nitrogen and oxygen atoms in total. The van der Waals surface area contributed by atoms with Crippen LogP contribution in [0.4, 0.5) is 0 Å². The summed E-state index contributed by atoms with van der Waals surface area (Å²) in [6.45, 7) is 0. The zero-order chi connectivity index (χ0) is 10.1. The summed E-state index contributed by atoms with van der Waals surface area (Å²) >= 11 is 11.6. The molecule has 0 fully saturated rings. The topological polar surface area (TPSA) is 17.8 Å². The van der Waals surface area contributed by atoms with Gasteiger partial charge in [0.05, 0.1) is 5.69 Å². The molecule has 0 atom stereocenters. The maximum Gasteiger partial charge on any atom is 0.151 e. The third-order valence-corrected chi connectivity index (χ3v) is 2.43. The normalized spacial score (nSPS) is 10.5. The molecule has 0 aliphatic carbocycles. The number of hydrogen-bond acceptors (Lipinski definition) is 1. The van der Waals surface area contributed by atoms with Crippen molar-refractivity contribution in [3.8, 4) is 11.3 Å². The Hall–Kier alpha value is -0.990. The van der Waals surface area contributed by atoms with Gasteiger partial charge in [-0.1, -0.05) is 35.3 Å². The van der Waals surface area contributed by atoms with E-state index in [1.807, 2.05) is 37.4 Å². The molecule has 0 aliphatic heterocycles. The van der Waals surface area contributed by atoms with Gasteiger partial charge in [-0.05, 0) is 17.7 Å². The molecule has 1 aromatic heterocycles. The van der Waals surface area contributed by atoms with E-state index in [0.29, 0.717) is 5.15 Å². The van der Waals surface area contributed by atoms with Crippen molar-refractivity contribution in [1.82, 2.24) is 9.78 Å². The molecule has 0 spiro atoms. The molecule has 0 saturated carbocycles. The monoisotopic (exact) mass is 226 g/mol. The lowest BCUT2D eigenvalue weighted by molar-refractivity contribution is 0.776. The molecule has 72 valence electrons. The van der Waals surface area contributed by atoms with Gasteiger partial charge in [0.1, 0.15) is 0 Å². The zero-order valence-electron chi connectivity index (χ0n) is 7.54. The molecule has 0 N–H and O–H groups in total. The highest BCUT2D eigenvalue weighted by Crippen LogP contribution is 2.23. The molecule has 0 radical (unpaired) electrons. The van der Waals surface area contributed by atoms with Crippen LogP contribution >= 0.6 is 23.2 Å². The van der Waals surface area contributed by atoms with Crippen LogP contribution in [0.1, 0.15) is 0 Å². The van der Waals surface area contributed by atoms with Gasteiger partial charge in [0.25, 0.3) is 0 Å². The SMILES string of the molecule is Cn1nc(Cl)cc1-c1ccc(Cl)cc1. The lowest BCUT2D eigenvalue weighted by atomic mass is 10.1. The molecule has 2 rings (SSSR count). The molecule has 0 aliphatic rings. The predicted molar refractivity (Wildman–Crippen MR) is 58.7 cm³/mol. The van der Waals surface area contributed by atoms with Crippen molar-refractivity contribution < 1.29 is 0 Å². The fourth-order valence-electron chi connectivity index (χ4n) is 1.32. The van der Waals surface area contributed by atoms with Gasteiger partial charge in [0.2, 0.25) is 0 Å². The van der Waals surface area contributed by atoms with Crippen molar-refractivity contribution in [3.05, 3.63) is 40.5 Å². The van der Waals surface area contributed by atoms with E-state index < -0.39 is 0 Å². The number of aryl methyl sites for hydroxylation is 1. The Morgan fingerprint density at radius 1 is 1.14 bits per heavy atom. The van der Waals surface area contributed by atoms with Gasteiger partial charge in [0, 0.05) is 18.1 Å². The highest BCUT2D eigenvalue weighted by atomic mass is 35.5. The Bertz CT molecular complexity index is 446. The van der Waals surface area contributed by atoms with Crippen LogP contribution in [0.15, 0.2) is 30.3 Å². The molecular formula is C10H8Cl2N2. The lowest BCUT2D eigenvalue weighted by Gasteiger charge is -2.00. The van der Waals surface area contributed by atoms with E-state index in [0.717, 1.165) is 16.3 Å². The second-order valence-electron chi connectivity index (χ2n) is 2.98. The van der Waals surface area contributed by atoms with Gasteiger partial charge in [-0.2, -0.15) is 5.10 Å². The Balaban J connectivity index is 2.49. The third-order valence-electron chi connectivity index (χ3n) is 1.99. The van der Waals surface area contributed by atoms with E-state index in [4.69, 9.17) is 23.2 Å². The van der Waals surface area contributed by atoms with Gasteiger partial charge in [-0.15, -0.1) is 0 Å². The summed E-state index contributed by atoms with van der Waals surface area (Å²) in [6.07, 6.45) is 0. The van der Waals surface area contributed by atoms with E-state index in [1.54, 1.807) is 4.68 Å². The fourth-order valence-corrected chi connectivity index (χ4v) is 1.67. The fraction of sp³-hybridized carbons (Fsp3) is 0.100. The lowest BCUT2D eigenvalue weighted by Crippen LogP contribution is -1.92. The minimum atomic E-state index is 0.498. The number of halogens is 2. The van der Waals surface area contributed by atoms with Crippen molar-refractivity contribution in [3.63, 3.8) is 0 Å². The first kappa shape index (κ1) is 9.56. The Morgan fingerprint density at radius 3 is 2.29 bits per heavy atom. The summed E-state index contributed by atoms with van der Waals surface area (Å²) in [5.74, 6) is 0. The first-order valence-corrected chi connectivity index (χ1v) is 4.88. The molecular weight excluding hydrogens is 219 g/mol. The van der Waals surface area contributed by atoms with Crippen LogP contribution in [0.5, 0.6) is 0 Å². The molecule has 4 heteroatoms. The molecule has 1 aromatic carbocycles. The largest absolute Gasteiger partial charge is 0.266 e. The first-order valence-electron chi connectivity index (χ1n) is 4.12. The van der Waals surface area contributed by atoms with Crippen molar-refractivity contribution in [2.24, 2.45) is 7.05 Å². The van der Waals surface area contributed by atoms with Gasteiger partial charge in [0.15, 0.2) is 5.15 Å².